The number of nitrogens with zero attached hydrogens (tertiary/aromatic N) is 1. The van der Waals surface area contributed by atoms with Crippen molar-refractivity contribution in [3.63, 3.8) is 0 Å². The number of aromatic hydroxyl groups is 1. The largest absolute Gasteiger partial charge is 0.504 e. The van der Waals surface area contributed by atoms with Crippen molar-refractivity contribution >= 4 is 17.7 Å². The van der Waals surface area contributed by atoms with Gasteiger partial charge in [-0.1, -0.05) is 13.3 Å². The molecule has 2 fully saturated rings. The van der Waals surface area contributed by atoms with Gasteiger partial charge in [0.05, 0.1) is 13.2 Å². The number of hydrogen-bond acceptors (Lipinski definition) is 6. The molecule has 1 spiro atoms. The third-order valence-electron chi connectivity index (χ3n) is 8.19. The van der Waals surface area contributed by atoms with Crippen molar-refractivity contribution in [2.24, 2.45) is 5.92 Å². The van der Waals surface area contributed by atoms with Crippen molar-refractivity contribution in [2.45, 2.75) is 75.1 Å². The number of hydrogen-bond donors (Lipinski definition) is 3. The van der Waals surface area contributed by atoms with E-state index in [0.29, 0.717) is 17.7 Å². The second kappa shape index (κ2) is 7.31. The Bertz CT molecular complexity index is 877. The molecule has 2 aliphatic carbocycles. The van der Waals surface area contributed by atoms with Crippen molar-refractivity contribution in [2.75, 3.05) is 20.7 Å². The number of thiol groups is 1. The van der Waals surface area contributed by atoms with Gasteiger partial charge in [-0.15, -0.1) is 12.6 Å². The van der Waals surface area contributed by atoms with E-state index in [2.05, 4.69) is 36.8 Å². The highest BCUT2D eigenvalue weighted by molar-refractivity contribution is 7.96. The Morgan fingerprint density at radius 1 is 1.50 bits per heavy atom. The van der Waals surface area contributed by atoms with Gasteiger partial charge >= 0.3 is 0 Å². The first-order valence-electron chi connectivity index (χ1n) is 11.2. The minimum atomic E-state index is -0.267. The van der Waals surface area contributed by atoms with Crippen LogP contribution >= 0.6 is 12.6 Å². The topological polar surface area (TPSA) is 71.0 Å². The number of carbonyl (C=O) groups is 1. The molecule has 2 N–H and O–H groups in total. The van der Waals surface area contributed by atoms with E-state index in [4.69, 9.17) is 9.47 Å². The molecule has 30 heavy (non-hydrogen) atoms. The Morgan fingerprint density at radius 3 is 3.00 bits per heavy atom. The van der Waals surface area contributed by atoms with Crippen LogP contribution in [0.2, 0.25) is 0 Å². The Kier molecular flexibility index (Phi) is 4.99. The van der Waals surface area contributed by atoms with Gasteiger partial charge in [0, 0.05) is 34.7 Å². The quantitative estimate of drug-likeness (QED) is 0.601. The van der Waals surface area contributed by atoms with Gasteiger partial charge in [0.2, 0.25) is 5.12 Å². The van der Waals surface area contributed by atoms with Gasteiger partial charge in [0.1, 0.15) is 11.9 Å². The van der Waals surface area contributed by atoms with E-state index in [1.807, 2.05) is 0 Å². The highest BCUT2D eigenvalue weighted by atomic mass is 32.1. The summed E-state index contributed by atoms with van der Waals surface area (Å²) in [5.41, 5.74) is 2.23. The summed E-state index contributed by atoms with van der Waals surface area (Å²) in [6.45, 7) is 3.09. The number of likely N-dealkylation sites (N-methyl/N-ethyl adjacent to an activating group) is 1. The van der Waals surface area contributed by atoms with Crippen LogP contribution in [0.5, 0.6) is 17.2 Å². The first-order valence-corrected chi connectivity index (χ1v) is 11.7. The summed E-state index contributed by atoms with van der Waals surface area (Å²) in [4.78, 5) is 14.6. The molecule has 2 bridgehead atoms. The number of methoxy groups -OCH3 is 1. The highest BCUT2D eigenvalue weighted by Crippen LogP contribution is 2.65. The van der Waals surface area contributed by atoms with Crippen LogP contribution in [0.1, 0.15) is 50.2 Å². The fourth-order valence-electron chi connectivity index (χ4n) is 6.97. The van der Waals surface area contributed by atoms with Gasteiger partial charge in [0.15, 0.2) is 11.5 Å². The predicted molar refractivity (Wildman–Crippen MR) is 118 cm³/mol. The van der Waals surface area contributed by atoms with Crippen molar-refractivity contribution in [1.29, 1.82) is 0 Å². The second-order valence-corrected chi connectivity index (χ2v) is 9.94. The zero-order valence-corrected chi connectivity index (χ0v) is 18.9. The highest BCUT2D eigenvalue weighted by Gasteiger charge is 2.66. The first kappa shape index (κ1) is 20.5. The Balaban J connectivity index is 1.62. The summed E-state index contributed by atoms with van der Waals surface area (Å²) < 4.78 is 12.3. The molecule has 2 heterocycles. The summed E-state index contributed by atoms with van der Waals surface area (Å²) >= 11 is 4.14. The summed E-state index contributed by atoms with van der Waals surface area (Å²) in [5.74, 6) is 2.05. The van der Waals surface area contributed by atoms with Crippen LogP contribution in [0, 0.1) is 5.92 Å². The van der Waals surface area contributed by atoms with Gasteiger partial charge in [-0.05, 0) is 51.6 Å². The van der Waals surface area contributed by atoms with Crippen LogP contribution in [0.3, 0.4) is 0 Å². The summed E-state index contributed by atoms with van der Waals surface area (Å²) in [6, 6.07) is 1.94. The summed E-state index contributed by atoms with van der Waals surface area (Å²) in [5, 5.41) is 14.3. The molecule has 5 rings (SSSR count). The molecule has 0 amide bonds. The van der Waals surface area contributed by atoms with Crippen LogP contribution in [0.25, 0.3) is 0 Å². The molecule has 6 nitrogen and oxygen atoms in total. The maximum atomic E-state index is 12.1. The van der Waals surface area contributed by atoms with E-state index in [9.17, 15) is 9.90 Å². The van der Waals surface area contributed by atoms with Crippen molar-refractivity contribution < 1.29 is 19.4 Å². The van der Waals surface area contributed by atoms with Crippen molar-refractivity contribution in [3.8, 4) is 17.2 Å². The summed E-state index contributed by atoms with van der Waals surface area (Å²) in [6.07, 6.45) is 5.57. The van der Waals surface area contributed by atoms with Crippen molar-refractivity contribution in [1.82, 2.24) is 10.2 Å². The molecule has 2 aliphatic heterocycles. The molecule has 6 atom stereocenters. The maximum Gasteiger partial charge on any atom is 0.202 e. The molecule has 1 aromatic carbocycles. The first-order chi connectivity index (χ1) is 14.4. The average Bonchev–Trinajstić information content (AvgIpc) is 3.07. The number of nitrogens with one attached hydrogen (secondary N) is 1. The second-order valence-electron chi connectivity index (χ2n) is 9.50. The normalized spacial score (nSPS) is 34.8. The lowest BCUT2D eigenvalue weighted by atomic mass is 9.51. The van der Waals surface area contributed by atoms with Gasteiger partial charge < -0.3 is 24.8 Å². The zero-order chi connectivity index (χ0) is 21.2. The lowest BCUT2D eigenvalue weighted by Crippen LogP contribution is -2.68. The lowest BCUT2D eigenvalue weighted by Gasteiger charge is -2.59. The molecular weight excluding hydrogens is 400 g/mol. The van der Waals surface area contributed by atoms with Gasteiger partial charge in [-0.3, -0.25) is 4.79 Å². The average molecular weight is 433 g/mol. The molecule has 0 aromatic heterocycles. The lowest BCUT2D eigenvalue weighted by molar-refractivity contribution is -0.114. The third kappa shape index (κ3) is 2.67. The third-order valence-corrected chi connectivity index (χ3v) is 8.50. The van der Waals surface area contributed by atoms with E-state index in [1.54, 1.807) is 13.2 Å². The molecule has 1 saturated heterocycles. The zero-order valence-electron chi connectivity index (χ0n) is 18.0. The molecule has 0 radical (unpaired) electrons. The van der Waals surface area contributed by atoms with E-state index in [1.165, 1.54) is 11.1 Å². The maximum absolute atomic E-state index is 12.1. The smallest absolute Gasteiger partial charge is 0.202 e. The van der Waals surface area contributed by atoms with Crippen LogP contribution in [0.15, 0.2) is 6.07 Å². The predicted octanol–water partition coefficient (Wildman–Crippen LogP) is 2.65. The summed E-state index contributed by atoms with van der Waals surface area (Å²) in [7, 11) is 3.90. The van der Waals surface area contributed by atoms with Crippen LogP contribution in [-0.2, 0) is 16.6 Å². The van der Waals surface area contributed by atoms with E-state index in [0.717, 1.165) is 50.8 Å². The van der Waals surface area contributed by atoms with E-state index >= 15 is 0 Å². The number of benzene rings is 1. The van der Waals surface area contributed by atoms with Crippen molar-refractivity contribution in [3.05, 3.63) is 17.2 Å². The number of piperidine rings is 1. The van der Waals surface area contributed by atoms with E-state index in [-0.39, 0.29) is 34.5 Å². The number of rotatable bonds is 6. The van der Waals surface area contributed by atoms with Gasteiger partial charge in [-0.25, -0.2) is 0 Å². The number of likely N-dealkylation sites (tertiary alicyclic amines) is 1. The van der Waals surface area contributed by atoms with Crippen LogP contribution < -0.4 is 14.8 Å². The van der Waals surface area contributed by atoms with Gasteiger partial charge in [-0.2, -0.15) is 0 Å². The standard InChI is InChI=1S/C23H32N2O4S/c1-4-5-15(22(27)30)24-14-7-6-13-16-10-12-18(28-3)11-17(26)20-19(12)23(13,21(14)29-20)8-9-25(16)2/h11,13-16,21,24,26H,4-10H2,1-3H3,(H,27,30)/t13-,14-,15-,16+,21-,23-/m0/s1. The number of carbonyl (C=O) groups excluding carboxylic acids is 1. The molecule has 0 unspecified atom stereocenters. The fourth-order valence-corrected chi connectivity index (χ4v) is 7.17. The minimum absolute atomic E-state index is 0.0571. The Morgan fingerprint density at radius 2 is 2.30 bits per heavy atom. The molecule has 4 aliphatic rings. The Labute approximate surface area is 183 Å². The molecule has 7 heteroatoms. The molecular formula is C23H32N2O4S. The SMILES string of the molecule is CCC[C@H](N[C@H]1CC[C@H]2[C@H]3Cc4c(OC)cc(O)c5c4[C@@]2(CCN3C)[C@H]1O5)C(=O)S. The number of phenolic OH excluding ortho intramolecular Hbond substituents is 1. The van der Waals surface area contributed by atoms with E-state index < -0.39 is 0 Å². The number of ether oxygens (including phenoxy) is 2. The molecule has 1 saturated carbocycles. The van der Waals surface area contributed by atoms with Gasteiger partial charge in [0.25, 0.3) is 0 Å². The monoisotopic (exact) mass is 432 g/mol. The van der Waals surface area contributed by atoms with Crippen LogP contribution in [0.4, 0.5) is 0 Å². The minimum Gasteiger partial charge on any atom is -0.504 e. The molecule has 1 aromatic rings. The molecule has 164 valence electrons. The van der Waals surface area contributed by atoms with Crippen LogP contribution in [-0.4, -0.2) is 60.1 Å². The fraction of sp³-hybridized carbons (Fsp3) is 0.696. The number of phenols is 1. The Hall–Kier alpha value is -1.44.